The monoisotopic (exact) mass is 276 g/mol. The van der Waals surface area contributed by atoms with Gasteiger partial charge in [0.25, 0.3) is 0 Å². The zero-order chi connectivity index (χ0) is 14.2. The van der Waals surface area contributed by atoms with Crippen molar-refractivity contribution in [2.45, 2.75) is 20.8 Å². The molecule has 0 atom stereocenters. The van der Waals surface area contributed by atoms with Gasteiger partial charge in [0.1, 0.15) is 0 Å². The van der Waals surface area contributed by atoms with Gasteiger partial charge in [-0.15, -0.1) is 0 Å². The van der Waals surface area contributed by atoms with E-state index >= 15 is 0 Å². The molecule has 2 aromatic carbocycles. The molecule has 0 aliphatic carbocycles. The second kappa shape index (κ2) is 4.93. The fourth-order valence-electron chi connectivity index (χ4n) is 2.40. The van der Waals surface area contributed by atoms with E-state index in [2.05, 4.69) is 0 Å². The van der Waals surface area contributed by atoms with Gasteiger partial charge in [-0.2, -0.15) is 0 Å². The first kappa shape index (κ1) is 14.0. The van der Waals surface area contributed by atoms with Crippen molar-refractivity contribution in [1.29, 1.82) is 0 Å². The maximum absolute atomic E-state index is 11.5. The van der Waals surface area contributed by atoms with Gasteiger partial charge in [0.05, 0.1) is 5.30 Å². The van der Waals surface area contributed by atoms with Crippen LogP contribution in [0.3, 0.4) is 0 Å². The number of benzene rings is 2. The molecular weight excluding hydrogens is 259 g/mol. The van der Waals surface area contributed by atoms with Crippen molar-refractivity contribution in [1.82, 2.24) is 0 Å². The lowest BCUT2D eigenvalue weighted by Gasteiger charge is -2.15. The van der Waals surface area contributed by atoms with E-state index in [0.29, 0.717) is 5.56 Å². The predicted octanol–water partition coefficient (Wildman–Crippen LogP) is 3.08. The van der Waals surface area contributed by atoms with E-state index in [1.807, 2.05) is 38.1 Å². The Morgan fingerprint density at radius 1 is 1.00 bits per heavy atom. The van der Waals surface area contributed by atoms with Crippen molar-refractivity contribution < 1.29 is 14.4 Å². The summed E-state index contributed by atoms with van der Waals surface area (Å²) in [5.41, 5.74) is 4.69. The predicted molar refractivity (Wildman–Crippen MR) is 77.8 cm³/mol. The number of hydrogen-bond donors (Lipinski definition) is 2. The molecule has 0 saturated heterocycles. The van der Waals surface area contributed by atoms with Gasteiger partial charge in [-0.25, -0.2) is 0 Å². The van der Waals surface area contributed by atoms with Crippen LogP contribution in [0.2, 0.25) is 0 Å². The van der Waals surface area contributed by atoms with E-state index in [4.69, 9.17) is 0 Å². The number of aryl methyl sites for hydroxylation is 2. The minimum atomic E-state index is -4.23. The summed E-state index contributed by atoms with van der Waals surface area (Å²) in [6.07, 6.45) is 0. The molecule has 0 aliphatic heterocycles. The van der Waals surface area contributed by atoms with Crippen LogP contribution >= 0.6 is 7.60 Å². The average molecular weight is 276 g/mol. The summed E-state index contributed by atoms with van der Waals surface area (Å²) in [5, 5.41) is 0.106. The van der Waals surface area contributed by atoms with Crippen LogP contribution in [0.4, 0.5) is 0 Å². The van der Waals surface area contributed by atoms with Gasteiger partial charge in [0, 0.05) is 0 Å². The lowest BCUT2D eigenvalue weighted by Crippen LogP contribution is -2.10. The largest absolute Gasteiger partial charge is 0.356 e. The van der Waals surface area contributed by atoms with Crippen molar-refractivity contribution >= 4 is 12.9 Å². The Morgan fingerprint density at radius 3 is 2.26 bits per heavy atom. The molecule has 0 spiro atoms. The van der Waals surface area contributed by atoms with Crippen LogP contribution in [-0.4, -0.2) is 9.79 Å². The minimum absolute atomic E-state index is 0.106. The average Bonchev–Trinajstić information content (AvgIpc) is 2.27. The normalized spacial score (nSPS) is 11.6. The molecule has 0 aromatic heterocycles. The third-order valence-electron chi connectivity index (χ3n) is 3.27. The Bertz CT molecular complexity index is 671. The summed E-state index contributed by atoms with van der Waals surface area (Å²) >= 11 is 0. The lowest BCUT2D eigenvalue weighted by molar-refractivity contribution is 0.387. The van der Waals surface area contributed by atoms with E-state index in [1.54, 1.807) is 13.0 Å². The maximum Gasteiger partial charge on any atom is 0.356 e. The molecule has 4 heteroatoms. The summed E-state index contributed by atoms with van der Waals surface area (Å²) in [7, 11) is -4.23. The van der Waals surface area contributed by atoms with E-state index in [1.165, 1.54) is 6.07 Å². The van der Waals surface area contributed by atoms with Gasteiger partial charge < -0.3 is 9.79 Å². The minimum Gasteiger partial charge on any atom is -0.321 e. The van der Waals surface area contributed by atoms with E-state index in [0.717, 1.165) is 22.3 Å². The first-order chi connectivity index (χ1) is 8.80. The molecule has 0 aliphatic rings. The first-order valence-electron chi connectivity index (χ1n) is 6.04. The fourth-order valence-corrected chi connectivity index (χ4v) is 3.21. The SMILES string of the molecule is Cc1cccc(-c2c(C)ccc(P(=O)(O)O)c2C)c1. The molecule has 100 valence electrons. The molecule has 2 N–H and O–H groups in total. The van der Waals surface area contributed by atoms with Gasteiger partial charge >= 0.3 is 7.60 Å². The van der Waals surface area contributed by atoms with Crippen molar-refractivity contribution in [3.05, 3.63) is 53.1 Å². The second-order valence-corrected chi connectivity index (χ2v) is 6.38. The zero-order valence-electron chi connectivity index (χ0n) is 11.2. The summed E-state index contributed by atoms with van der Waals surface area (Å²) < 4.78 is 11.5. The van der Waals surface area contributed by atoms with Crippen molar-refractivity contribution in [2.75, 3.05) is 0 Å². The number of hydrogen-bond acceptors (Lipinski definition) is 1. The van der Waals surface area contributed by atoms with E-state index < -0.39 is 7.60 Å². The molecule has 0 unspecified atom stereocenters. The molecule has 0 amide bonds. The third-order valence-corrected chi connectivity index (χ3v) is 4.38. The Kier molecular flexibility index (Phi) is 3.64. The van der Waals surface area contributed by atoms with Crippen molar-refractivity contribution in [3.63, 3.8) is 0 Å². The highest BCUT2D eigenvalue weighted by molar-refractivity contribution is 7.60. The van der Waals surface area contributed by atoms with Crippen molar-refractivity contribution in [3.8, 4) is 11.1 Å². The molecule has 19 heavy (non-hydrogen) atoms. The quantitative estimate of drug-likeness (QED) is 0.829. The van der Waals surface area contributed by atoms with Crippen LogP contribution in [0, 0.1) is 20.8 Å². The highest BCUT2D eigenvalue weighted by Crippen LogP contribution is 2.38. The molecule has 3 nitrogen and oxygen atoms in total. The Balaban J connectivity index is 2.74. The van der Waals surface area contributed by atoms with Crippen LogP contribution in [-0.2, 0) is 4.57 Å². The van der Waals surface area contributed by atoms with E-state index in [-0.39, 0.29) is 5.30 Å². The third kappa shape index (κ3) is 2.79. The first-order valence-corrected chi connectivity index (χ1v) is 7.65. The van der Waals surface area contributed by atoms with Crippen LogP contribution < -0.4 is 5.30 Å². The van der Waals surface area contributed by atoms with Gasteiger partial charge in [-0.05, 0) is 49.1 Å². The van der Waals surface area contributed by atoms with Crippen molar-refractivity contribution in [2.24, 2.45) is 0 Å². The number of rotatable bonds is 2. The molecule has 2 aromatic rings. The summed E-state index contributed by atoms with van der Waals surface area (Å²) in [6, 6.07) is 11.2. The van der Waals surface area contributed by atoms with Gasteiger partial charge in [-0.1, -0.05) is 35.9 Å². The molecule has 0 bridgehead atoms. The van der Waals surface area contributed by atoms with Crippen LogP contribution in [0.25, 0.3) is 11.1 Å². The van der Waals surface area contributed by atoms with Crippen LogP contribution in [0.15, 0.2) is 36.4 Å². The summed E-state index contributed by atoms with van der Waals surface area (Å²) in [5.74, 6) is 0. The molecule has 0 fully saturated rings. The second-order valence-electron chi connectivity index (χ2n) is 4.82. The topological polar surface area (TPSA) is 57.5 Å². The fraction of sp³-hybridized carbons (Fsp3) is 0.200. The van der Waals surface area contributed by atoms with Gasteiger partial charge in [0.2, 0.25) is 0 Å². The highest BCUT2D eigenvalue weighted by atomic mass is 31.2. The summed E-state index contributed by atoms with van der Waals surface area (Å²) in [4.78, 5) is 18.8. The highest BCUT2D eigenvalue weighted by Gasteiger charge is 2.22. The Morgan fingerprint density at radius 2 is 1.68 bits per heavy atom. The molecular formula is C15H17O3P. The van der Waals surface area contributed by atoms with Gasteiger partial charge in [-0.3, -0.25) is 4.57 Å². The summed E-state index contributed by atoms with van der Waals surface area (Å²) in [6.45, 7) is 5.72. The lowest BCUT2D eigenvalue weighted by atomic mass is 9.95. The zero-order valence-corrected chi connectivity index (χ0v) is 12.1. The van der Waals surface area contributed by atoms with Gasteiger partial charge in [0.15, 0.2) is 0 Å². The molecule has 0 heterocycles. The van der Waals surface area contributed by atoms with Crippen LogP contribution in [0.1, 0.15) is 16.7 Å². The molecule has 0 saturated carbocycles. The Hall–Kier alpha value is -1.41. The van der Waals surface area contributed by atoms with Crippen LogP contribution in [0.5, 0.6) is 0 Å². The Labute approximate surface area is 113 Å². The maximum atomic E-state index is 11.5. The molecule has 0 radical (unpaired) electrons. The van der Waals surface area contributed by atoms with E-state index in [9.17, 15) is 14.4 Å². The smallest absolute Gasteiger partial charge is 0.321 e. The standard InChI is InChI=1S/C15H17O3P/c1-10-5-4-6-13(9-10)15-11(2)7-8-14(12(15)3)19(16,17)18/h4-9H,1-3H3,(H2,16,17,18). The molecule has 2 rings (SSSR count).